The van der Waals surface area contributed by atoms with Crippen molar-refractivity contribution in [2.45, 2.75) is 84.5 Å². The lowest BCUT2D eigenvalue weighted by molar-refractivity contribution is 0.131. The molecule has 0 aromatic carbocycles. The maximum atomic E-state index is 11.1. The lowest BCUT2D eigenvalue weighted by Gasteiger charge is -2.38. The van der Waals surface area contributed by atoms with Gasteiger partial charge in [-0.25, -0.2) is 0 Å². The number of hydrogen-bond acceptors (Lipinski definition) is 3. The van der Waals surface area contributed by atoms with E-state index in [9.17, 15) is 8.42 Å². The second-order valence-electron chi connectivity index (χ2n) is 8.68. The molecule has 0 N–H and O–H groups in total. The van der Waals surface area contributed by atoms with Crippen LogP contribution in [0.25, 0.3) is 0 Å². The maximum Gasteiger partial charge on any atom is 0.264 e. The molecule has 0 aromatic rings. The van der Waals surface area contributed by atoms with Crippen LogP contribution in [0.4, 0.5) is 0 Å². The molecule has 1 unspecified atom stereocenters. The highest BCUT2D eigenvalue weighted by molar-refractivity contribution is 7.85. The van der Waals surface area contributed by atoms with E-state index in [0.29, 0.717) is 12.5 Å². The Morgan fingerprint density at radius 3 is 1.88 bits per heavy atom. The molecule has 0 aromatic heterocycles. The van der Waals surface area contributed by atoms with E-state index < -0.39 is 10.1 Å². The molecule has 3 nitrogen and oxygen atoms in total. The molecule has 0 bridgehead atoms. The highest BCUT2D eigenvalue weighted by Gasteiger charge is 2.31. The van der Waals surface area contributed by atoms with E-state index in [2.05, 4.69) is 13.8 Å². The van der Waals surface area contributed by atoms with Gasteiger partial charge in [0.1, 0.15) is 0 Å². The van der Waals surface area contributed by atoms with E-state index >= 15 is 0 Å². The summed E-state index contributed by atoms with van der Waals surface area (Å²) in [6.07, 6.45) is 16.4. The average Bonchev–Trinajstić information content (AvgIpc) is 2.54. The van der Waals surface area contributed by atoms with Crippen LogP contribution in [0.15, 0.2) is 0 Å². The quantitative estimate of drug-likeness (QED) is 0.545. The van der Waals surface area contributed by atoms with Gasteiger partial charge in [0.05, 0.1) is 12.9 Å². The molecule has 2 aliphatic carbocycles. The minimum atomic E-state index is -3.29. The van der Waals surface area contributed by atoms with Gasteiger partial charge in [-0.3, -0.25) is 4.18 Å². The van der Waals surface area contributed by atoms with Crippen LogP contribution in [0.3, 0.4) is 0 Å². The van der Waals surface area contributed by atoms with Crippen molar-refractivity contribution in [2.75, 3.05) is 12.9 Å². The van der Waals surface area contributed by atoms with Crippen molar-refractivity contribution < 1.29 is 12.6 Å². The molecule has 2 aliphatic rings. The summed E-state index contributed by atoms with van der Waals surface area (Å²) in [7, 11) is -3.29. The third-order valence-corrected chi connectivity index (χ3v) is 7.01. The molecule has 2 saturated carbocycles. The van der Waals surface area contributed by atoms with Gasteiger partial charge in [0, 0.05) is 0 Å². The first-order valence-corrected chi connectivity index (χ1v) is 12.0. The van der Waals surface area contributed by atoms with Crippen LogP contribution in [0.5, 0.6) is 0 Å². The first-order valence-electron chi connectivity index (χ1n) is 10.2. The summed E-state index contributed by atoms with van der Waals surface area (Å²) in [5, 5.41) is 0. The van der Waals surface area contributed by atoms with E-state index in [4.69, 9.17) is 4.18 Å². The van der Waals surface area contributed by atoms with Gasteiger partial charge in [-0.05, 0) is 61.7 Å². The monoisotopic (exact) mass is 358 g/mol. The Morgan fingerprint density at radius 2 is 1.42 bits per heavy atom. The fraction of sp³-hybridized carbons (Fsp3) is 1.00. The predicted molar refractivity (Wildman–Crippen MR) is 100 cm³/mol. The van der Waals surface area contributed by atoms with Crippen LogP contribution in [0, 0.1) is 29.6 Å². The summed E-state index contributed by atoms with van der Waals surface area (Å²) in [4.78, 5) is 0. The zero-order valence-corrected chi connectivity index (χ0v) is 16.8. The van der Waals surface area contributed by atoms with Crippen molar-refractivity contribution >= 4 is 10.1 Å². The van der Waals surface area contributed by atoms with Gasteiger partial charge in [0.2, 0.25) is 0 Å². The standard InChI is InChI=1S/C20H38O3S/c1-4-5-17-6-10-19(11-7-17)20-12-8-18(9-13-20)14-16(2)15-23-24(3,21)22/h16-20H,4-15H2,1-3H3. The van der Waals surface area contributed by atoms with E-state index in [1.165, 1.54) is 64.2 Å². The minimum Gasteiger partial charge on any atom is -0.270 e. The Hall–Kier alpha value is -0.0900. The van der Waals surface area contributed by atoms with Crippen LogP contribution >= 0.6 is 0 Å². The summed E-state index contributed by atoms with van der Waals surface area (Å²) in [5.74, 6) is 4.08. The lowest BCUT2D eigenvalue weighted by Crippen LogP contribution is -2.26. The van der Waals surface area contributed by atoms with Crippen LogP contribution in [0.1, 0.15) is 84.5 Å². The molecule has 2 fully saturated rings. The SMILES string of the molecule is CCCC1CCC(C2CCC(CC(C)COS(C)(=O)=O)CC2)CC1. The Balaban J connectivity index is 1.65. The first-order chi connectivity index (χ1) is 11.4. The molecule has 1 atom stereocenters. The minimum absolute atomic E-state index is 0.339. The van der Waals surface area contributed by atoms with E-state index in [-0.39, 0.29) is 0 Å². The van der Waals surface area contributed by atoms with Crippen LogP contribution in [-0.2, 0) is 14.3 Å². The maximum absolute atomic E-state index is 11.1. The van der Waals surface area contributed by atoms with Crippen LogP contribution in [0.2, 0.25) is 0 Å². The highest BCUT2D eigenvalue weighted by atomic mass is 32.2. The molecular weight excluding hydrogens is 320 g/mol. The van der Waals surface area contributed by atoms with E-state index in [1.807, 2.05) is 0 Å². The van der Waals surface area contributed by atoms with Gasteiger partial charge in [-0.1, -0.05) is 52.4 Å². The second kappa shape index (κ2) is 9.56. The highest BCUT2D eigenvalue weighted by Crippen LogP contribution is 2.43. The van der Waals surface area contributed by atoms with Crippen molar-refractivity contribution in [3.63, 3.8) is 0 Å². The lowest BCUT2D eigenvalue weighted by atomic mass is 9.68. The molecule has 0 radical (unpaired) electrons. The predicted octanol–water partition coefficient (Wildman–Crippen LogP) is 5.40. The summed E-state index contributed by atoms with van der Waals surface area (Å²) in [5.41, 5.74) is 0. The van der Waals surface area contributed by atoms with Gasteiger partial charge in [-0.15, -0.1) is 0 Å². The Morgan fingerprint density at radius 1 is 0.917 bits per heavy atom. The molecule has 4 heteroatoms. The zero-order valence-electron chi connectivity index (χ0n) is 16.0. The second-order valence-corrected chi connectivity index (χ2v) is 10.3. The van der Waals surface area contributed by atoms with Gasteiger partial charge in [0.25, 0.3) is 10.1 Å². The Kier molecular flexibility index (Phi) is 8.06. The summed E-state index contributed by atoms with van der Waals surface area (Å²) < 4.78 is 27.1. The van der Waals surface area contributed by atoms with Crippen molar-refractivity contribution in [1.29, 1.82) is 0 Å². The average molecular weight is 359 g/mol. The zero-order chi connectivity index (χ0) is 17.6. The summed E-state index contributed by atoms with van der Waals surface area (Å²) in [6, 6.07) is 0. The molecule has 0 amide bonds. The van der Waals surface area contributed by atoms with Crippen molar-refractivity contribution in [3.05, 3.63) is 0 Å². The third-order valence-electron chi connectivity index (χ3n) is 6.45. The molecule has 0 saturated heterocycles. The fourth-order valence-corrected chi connectivity index (χ4v) is 5.61. The fourth-order valence-electron chi connectivity index (χ4n) is 5.13. The van der Waals surface area contributed by atoms with Crippen LogP contribution in [-0.4, -0.2) is 21.3 Å². The summed E-state index contributed by atoms with van der Waals surface area (Å²) >= 11 is 0. The van der Waals surface area contributed by atoms with Crippen LogP contribution < -0.4 is 0 Å². The van der Waals surface area contributed by atoms with Crippen molar-refractivity contribution in [3.8, 4) is 0 Å². The third kappa shape index (κ3) is 7.03. The molecule has 24 heavy (non-hydrogen) atoms. The Labute approximate surface area is 150 Å². The van der Waals surface area contributed by atoms with Crippen molar-refractivity contribution in [1.82, 2.24) is 0 Å². The molecular formula is C20H38O3S. The largest absolute Gasteiger partial charge is 0.270 e. The Bertz CT molecular complexity index is 444. The van der Waals surface area contributed by atoms with Gasteiger partial charge >= 0.3 is 0 Å². The van der Waals surface area contributed by atoms with E-state index in [1.54, 1.807) is 0 Å². The summed E-state index contributed by atoms with van der Waals surface area (Å²) in [6.45, 7) is 4.78. The van der Waals surface area contributed by atoms with Gasteiger partial charge in [-0.2, -0.15) is 8.42 Å². The smallest absolute Gasteiger partial charge is 0.264 e. The molecule has 142 valence electrons. The normalized spacial score (nSPS) is 33.3. The number of hydrogen-bond donors (Lipinski definition) is 0. The molecule has 0 heterocycles. The number of rotatable bonds is 8. The first kappa shape index (κ1) is 20.2. The van der Waals surface area contributed by atoms with E-state index in [0.717, 1.165) is 36.3 Å². The molecule has 2 rings (SSSR count). The molecule has 0 spiro atoms. The van der Waals surface area contributed by atoms with Gasteiger partial charge in [0.15, 0.2) is 0 Å². The molecule has 0 aliphatic heterocycles. The topological polar surface area (TPSA) is 43.4 Å². The van der Waals surface area contributed by atoms with Crippen molar-refractivity contribution in [2.24, 2.45) is 29.6 Å². The van der Waals surface area contributed by atoms with Gasteiger partial charge < -0.3 is 0 Å².